The van der Waals surface area contributed by atoms with Crippen LogP contribution in [0, 0.1) is 49.5 Å². The molecule has 2 radical (unpaired) electrons. The number of rotatable bonds is 1. The standard InChI is InChI=1S/C15H12.C9H13.C5H5.2CH3.2ClH.Fe.Si.Zr/c1-11-9-13-7-4-8-14(15(13)10-11)12-5-2-3-6-12;1-6-5-7(2)9(4)8(6)3;1-2-4-5-3-1;;;;;;;/h2-10H,1H3;5H,1-4H3;1-5H;2*1H3;2*1H;;;/q-2;4*-1;;;+2;;+2/p-2. The Hall–Kier alpha value is -0.921. The van der Waals surface area contributed by atoms with E-state index in [0.29, 0.717) is 0 Å². The average Bonchev–Trinajstić information content (AvgIpc) is 3.64. The zero-order valence-electron chi connectivity index (χ0n) is 22.3. The molecule has 0 aliphatic rings. The number of benzene rings is 1. The second-order valence-electron chi connectivity index (χ2n) is 7.79. The second kappa shape index (κ2) is 21.1. The smallest absolute Gasteiger partial charge is 0.172 e. The Morgan fingerprint density at radius 3 is 1.67 bits per heavy atom. The summed E-state index contributed by atoms with van der Waals surface area (Å²) in [6, 6.07) is 31.7. The number of halogens is 2. The number of hydrogen-bond acceptors (Lipinski definition) is 0. The Balaban J connectivity index is 0. The first kappa shape index (κ1) is 37.2. The van der Waals surface area contributed by atoms with Gasteiger partial charge in [0.15, 0.2) is 0 Å². The van der Waals surface area contributed by atoms with Crippen LogP contribution in [0.5, 0.6) is 0 Å². The molecule has 0 aromatic heterocycles. The van der Waals surface area contributed by atoms with E-state index in [9.17, 15) is 0 Å². The molecule has 0 heterocycles. The van der Waals surface area contributed by atoms with E-state index in [0.717, 1.165) is 0 Å². The molecule has 0 bridgehead atoms. The Morgan fingerprint density at radius 1 is 0.778 bits per heavy atom. The van der Waals surface area contributed by atoms with Gasteiger partial charge in [-0.05, 0) is 0 Å². The molecule has 36 heavy (non-hydrogen) atoms. The van der Waals surface area contributed by atoms with Crippen LogP contribution < -0.4 is 0 Å². The fourth-order valence-corrected chi connectivity index (χ4v) is 3.64. The summed E-state index contributed by atoms with van der Waals surface area (Å²) in [7, 11) is 9.53. The molecule has 5 aromatic carbocycles. The van der Waals surface area contributed by atoms with Crippen molar-refractivity contribution < 1.29 is 36.5 Å². The normalized spacial score (nSPS) is 9.03. The van der Waals surface area contributed by atoms with Gasteiger partial charge in [0.2, 0.25) is 0 Å². The molecule has 0 N–H and O–H groups in total. The molecule has 0 unspecified atom stereocenters. The average molecular weight is 655 g/mol. The first-order valence-electron chi connectivity index (χ1n) is 10.7. The van der Waals surface area contributed by atoms with E-state index in [1.807, 2.05) is 30.3 Å². The van der Waals surface area contributed by atoms with Crippen LogP contribution in [0.25, 0.3) is 21.9 Å². The Morgan fingerprint density at radius 2 is 1.28 bits per heavy atom. The van der Waals surface area contributed by atoms with E-state index in [-0.39, 0.29) is 28.0 Å². The van der Waals surface area contributed by atoms with Gasteiger partial charge >= 0.3 is 63.5 Å². The zero-order valence-corrected chi connectivity index (χ0v) is 28.3. The maximum absolute atomic E-state index is 4.76. The SMILES string of the molecule is Cc1[cH-]c(C)c(C)c1C.Cc1cc2c(-[c-]3cccc3)cccc2[cH-]1.[CH3-].[CH3-].[Cl][Fe][Cl].[Si]=[Zr+2].c1cc[cH-]c1. The summed E-state index contributed by atoms with van der Waals surface area (Å²) in [4.78, 5) is 0. The molecule has 0 saturated heterocycles. The molecular weight excluding hydrogens is 618 g/mol. The summed E-state index contributed by atoms with van der Waals surface area (Å²) < 4.78 is 0. The van der Waals surface area contributed by atoms with E-state index in [2.05, 4.69) is 102 Å². The molecule has 0 atom stereocenters. The molecule has 0 spiro atoms. The maximum atomic E-state index is 4.76. The second-order valence-corrected chi connectivity index (χ2v) is 9.61. The molecule has 0 amide bonds. The van der Waals surface area contributed by atoms with Crippen molar-refractivity contribution in [3.8, 4) is 11.1 Å². The maximum Gasteiger partial charge on any atom is -0.172 e. The van der Waals surface area contributed by atoms with Crippen LogP contribution in [0.4, 0.5) is 0 Å². The third-order valence-electron chi connectivity index (χ3n) is 5.60. The van der Waals surface area contributed by atoms with Crippen LogP contribution in [0.2, 0.25) is 0 Å². The molecule has 0 nitrogen and oxygen atoms in total. The molecule has 5 aromatic rings. The van der Waals surface area contributed by atoms with Gasteiger partial charge in [-0.3, -0.25) is 0 Å². The first-order valence-corrected chi connectivity index (χ1v) is 18.0. The fourth-order valence-electron chi connectivity index (χ4n) is 3.64. The van der Waals surface area contributed by atoms with Crippen molar-refractivity contribution in [2.75, 3.05) is 0 Å². The van der Waals surface area contributed by atoms with E-state index in [4.69, 9.17) is 20.2 Å². The Bertz CT molecular complexity index is 1150. The summed E-state index contributed by atoms with van der Waals surface area (Å²) in [6.07, 6.45) is 0. The van der Waals surface area contributed by atoms with Crippen molar-refractivity contribution in [1.29, 1.82) is 0 Å². The molecule has 0 fully saturated rings. The summed E-state index contributed by atoms with van der Waals surface area (Å²) >= 11 is 1.55. The molecule has 0 aliphatic heterocycles. The zero-order chi connectivity index (χ0) is 25.5. The predicted molar refractivity (Wildman–Crippen MR) is 159 cm³/mol. The number of aryl methyl sites for hydroxylation is 3. The molecule has 0 aliphatic carbocycles. The van der Waals surface area contributed by atoms with Gasteiger partial charge in [0, 0.05) is 0 Å². The fraction of sp³-hybridized carbons (Fsp3) is 0.161. The van der Waals surface area contributed by atoms with Gasteiger partial charge < -0.3 is 14.9 Å². The van der Waals surface area contributed by atoms with Gasteiger partial charge in [-0.25, -0.2) is 12.1 Å². The quantitative estimate of drug-likeness (QED) is 0.125. The third kappa shape index (κ3) is 12.1. The summed E-state index contributed by atoms with van der Waals surface area (Å²) in [5.41, 5.74) is 9.73. The van der Waals surface area contributed by atoms with Gasteiger partial charge in [-0.15, -0.1) is 58.5 Å². The third-order valence-corrected chi connectivity index (χ3v) is 5.60. The Labute approximate surface area is 251 Å². The summed E-state index contributed by atoms with van der Waals surface area (Å²) in [5, 5.41) is 2.70. The summed E-state index contributed by atoms with van der Waals surface area (Å²) in [6.45, 7) is 13.9. The van der Waals surface area contributed by atoms with E-state index in [1.165, 1.54) is 73.1 Å². The monoisotopic (exact) mass is 652 g/mol. The Kier molecular flexibility index (Phi) is 21.8. The molecular formula is C31H36Cl2FeSiZr-4. The van der Waals surface area contributed by atoms with Crippen LogP contribution in [0.1, 0.15) is 27.8 Å². The van der Waals surface area contributed by atoms with Crippen LogP contribution >= 0.6 is 20.2 Å². The van der Waals surface area contributed by atoms with Gasteiger partial charge in [-0.2, -0.15) is 70.1 Å². The predicted octanol–water partition coefficient (Wildman–Crippen LogP) is 10.2. The van der Waals surface area contributed by atoms with Crippen molar-refractivity contribution in [3.05, 3.63) is 134 Å². The van der Waals surface area contributed by atoms with E-state index >= 15 is 0 Å². The minimum atomic E-state index is 0. The first-order chi connectivity index (χ1) is 16.4. The topological polar surface area (TPSA) is 0 Å². The minimum Gasteiger partial charge on any atom is -0.214 e. The van der Waals surface area contributed by atoms with Crippen molar-refractivity contribution in [2.24, 2.45) is 0 Å². The van der Waals surface area contributed by atoms with E-state index < -0.39 is 0 Å². The molecule has 194 valence electrons. The van der Waals surface area contributed by atoms with Gasteiger partial charge in [0.25, 0.3) is 0 Å². The number of hydrogen-bond donors (Lipinski definition) is 0. The van der Waals surface area contributed by atoms with Crippen LogP contribution in [-0.4, -0.2) is 6.88 Å². The summed E-state index contributed by atoms with van der Waals surface area (Å²) in [5.74, 6) is 0. The van der Waals surface area contributed by atoms with Crippen molar-refractivity contribution in [1.82, 2.24) is 0 Å². The van der Waals surface area contributed by atoms with E-state index in [1.54, 1.807) is 0 Å². The molecule has 0 saturated carbocycles. The van der Waals surface area contributed by atoms with Crippen LogP contribution in [0.15, 0.2) is 91.0 Å². The van der Waals surface area contributed by atoms with Gasteiger partial charge in [0.05, 0.1) is 0 Å². The van der Waals surface area contributed by atoms with Crippen molar-refractivity contribution in [2.45, 2.75) is 34.6 Å². The van der Waals surface area contributed by atoms with Crippen molar-refractivity contribution in [3.63, 3.8) is 0 Å². The van der Waals surface area contributed by atoms with Crippen molar-refractivity contribution >= 4 is 37.8 Å². The largest absolute Gasteiger partial charge is 0.214 e. The van der Waals surface area contributed by atoms with Crippen LogP contribution in [-0.2, 0) is 36.5 Å². The molecule has 5 rings (SSSR count). The van der Waals surface area contributed by atoms with Gasteiger partial charge in [0.1, 0.15) is 0 Å². The molecule has 5 heteroatoms. The minimum absolute atomic E-state index is 0. The van der Waals surface area contributed by atoms with Crippen LogP contribution in [0.3, 0.4) is 0 Å². The number of fused-ring (bicyclic) bond motifs is 1. The van der Waals surface area contributed by atoms with Gasteiger partial charge in [-0.1, -0.05) is 34.6 Å².